The lowest BCUT2D eigenvalue weighted by molar-refractivity contribution is 0.0727. The minimum absolute atomic E-state index is 0.0326. The maximum atomic E-state index is 13.4. The molecule has 18 heavy (non-hydrogen) atoms. The molecule has 0 saturated heterocycles. The first kappa shape index (κ1) is 13.3. The van der Waals surface area contributed by atoms with Crippen LogP contribution >= 0.6 is 0 Å². The standard InChI is InChI=1S/C14H20FNO2/c1-10-4-5-11(7-13(10)15)18-12-3-2-6-14(16,8-12)9-17/h4-5,7,12,17H,2-3,6,8-9,16H2,1H3. The van der Waals surface area contributed by atoms with E-state index in [1.54, 1.807) is 19.1 Å². The van der Waals surface area contributed by atoms with E-state index in [1.165, 1.54) is 6.07 Å². The van der Waals surface area contributed by atoms with Gasteiger partial charge in [-0.25, -0.2) is 4.39 Å². The van der Waals surface area contributed by atoms with Crippen molar-refractivity contribution in [3.63, 3.8) is 0 Å². The first-order valence-electron chi connectivity index (χ1n) is 6.35. The third-order valence-corrected chi connectivity index (χ3v) is 3.60. The highest BCUT2D eigenvalue weighted by atomic mass is 19.1. The average molecular weight is 253 g/mol. The quantitative estimate of drug-likeness (QED) is 0.867. The van der Waals surface area contributed by atoms with Crippen LogP contribution in [0.15, 0.2) is 18.2 Å². The highest BCUT2D eigenvalue weighted by Crippen LogP contribution is 2.29. The molecule has 0 bridgehead atoms. The molecule has 1 aromatic rings. The van der Waals surface area contributed by atoms with E-state index in [0.717, 1.165) is 19.3 Å². The maximum Gasteiger partial charge on any atom is 0.129 e. The molecule has 0 heterocycles. The fourth-order valence-corrected chi connectivity index (χ4v) is 2.42. The number of ether oxygens (including phenoxy) is 1. The van der Waals surface area contributed by atoms with E-state index in [0.29, 0.717) is 17.7 Å². The maximum absolute atomic E-state index is 13.4. The zero-order valence-electron chi connectivity index (χ0n) is 10.7. The Labute approximate surface area is 107 Å². The summed E-state index contributed by atoms with van der Waals surface area (Å²) in [5, 5.41) is 9.27. The number of halogens is 1. The SMILES string of the molecule is Cc1ccc(OC2CCCC(N)(CO)C2)cc1F. The van der Waals surface area contributed by atoms with Gasteiger partial charge in [0.1, 0.15) is 17.7 Å². The van der Waals surface area contributed by atoms with E-state index in [-0.39, 0.29) is 18.5 Å². The zero-order chi connectivity index (χ0) is 13.2. The molecule has 0 radical (unpaired) electrons. The van der Waals surface area contributed by atoms with Gasteiger partial charge in [0.15, 0.2) is 0 Å². The summed E-state index contributed by atoms with van der Waals surface area (Å²) in [6, 6.07) is 4.88. The lowest BCUT2D eigenvalue weighted by Crippen LogP contribution is -2.50. The topological polar surface area (TPSA) is 55.5 Å². The molecule has 1 aromatic carbocycles. The van der Waals surface area contributed by atoms with Crippen LogP contribution in [-0.4, -0.2) is 23.4 Å². The third kappa shape index (κ3) is 3.00. The second kappa shape index (κ2) is 5.24. The summed E-state index contributed by atoms with van der Waals surface area (Å²) in [5.41, 5.74) is 6.11. The highest BCUT2D eigenvalue weighted by molar-refractivity contribution is 5.28. The number of benzene rings is 1. The van der Waals surface area contributed by atoms with Gasteiger partial charge in [-0.15, -0.1) is 0 Å². The van der Waals surface area contributed by atoms with E-state index in [4.69, 9.17) is 10.5 Å². The van der Waals surface area contributed by atoms with Crippen molar-refractivity contribution < 1.29 is 14.2 Å². The van der Waals surface area contributed by atoms with Crippen LogP contribution < -0.4 is 10.5 Å². The number of hydrogen-bond acceptors (Lipinski definition) is 3. The molecule has 1 saturated carbocycles. The molecule has 2 atom stereocenters. The van der Waals surface area contributed by atoms with Crippen LogP contribution in [0, 0.1) is 12.7 Å². The Morgan fingerprint density at radius 2 is 2.33 bits per heavy atom. The summed E-state index contributed by atoms with van der Waals surface area (Å²) in [4.78, 5) is 0. The number of rotatable bonds is 3. The Balaban J connectivity index is 2.02. The number of aliphatic hydroxyl groups is 1. The van der Waals surface area contributed by atoms with Crippen LogP contribution in [0.1, 0.15) is 31.2 Å². The number of hydrogen-bond donors (Lipinski definition) is 2. The molecule has 100 valence electrons. The predicted octanol–water partition coefficient (Wildman–Crippen LogP) is 2.15. The summed E-state index contributed by atoms with van der Waals surface area (Å²) < 4.78 is 19.2. The van der Waals surface area contributed by atoms with Gasteiger partial charge >= 0.3 is 0 Å². The van der Waals surface area contributed by atoms with Gasteiger partial charge in [0.2, 0.25) is 0 Å². The van der Waals surface area contributed by atoms with E-state index in [2.05, 4.69) is 0 Å². The molecular weight excluding hydrogens is 233 g/mol. The summed E-state index contributed by atoms with van der Waals surface area (Å²) in [5.74, 6) is 0.273. The second-order valence-electron chi connectivity index (χ2n) is 5.27. The van der Waals surface area contributed by atoms with Gasteiger partial charge in [-0.2, -0.15) is 0 Å². The van der Waals surface area contributed by atoms with Crippen LogP contribution in [0.25, 0.3) is 0 Å². The second-order valence-corrected chi connectivity index (χ2v) is 5.27. The number of aryl methyl sites for hydroxylation is 1. The molecule has 3 N–H and O–H groups in total. The lowest BCUT2D eigenvalue weighted by atomic mass is 9.81. The first-order chi connectivity index (χ1) is 8.52. The summed E-state index contributed by atoms with van der Waals surface area (Å²) in [6.45, 7) is 1.69. The Bertz CT molecular complexity index is 424. The Hall–Kier alpha value is -1.13. The molecule has 1 aliphatic carbocycles. The number of nitrogens with two attached hydrogens (primary N) is 1. The van der Waals surface area contributed by atoms with E-state index in [9.17, 15) is 9.50 Å². The predicted molar refractivity (Wildman–Crippen MR) is 68.0 cm³/mol. The van der Waals surface area contributed by atoms with Crippen molar-refractivity contribution in [3.8, 4) is 5.75 Å². The fraction of sp³-hybridized carbons (Fsp3) is 0.571. The van der Waals surface area contributed by atoms with Crippen LogP contribution in [-0.2, 0) is 0 Å². The van der Waals surface area contributed by atoms with Crippen LogP contribution in [0.5, 0.6) is 5.75 Å². The molecule has 0 aromatic heterocycles. The minimum Gasteiger partial charge on any atom is -0.490 e. The summed E-state index contributed by atoms with van der Waals surface area (Å²) >= 11 is 0. The van der Waals surface area contributed by atoms with Gasteiger partial charge in [0.25, 0.3) is 0 Å². The lowest BCUT2D eigenvalue weighted by Gasteiger charge is -2.36. The molecule has 2 unspecified atom stereocenters. The number of aliphatic hydroxyl groups excluding tert-OH is 1. The van der Waals surface area contributed by atoms with Crippen molar-refractivity contribution in [1.82, 2.24) is 0 Å². The van der Waals surface area contributed by atoms with E-state index >= 15 is 0 Å². The minimum atomic E-state index is -0.549. The van der Waals surface area contributed by atoms with Crippen molar-refractivity contribution in [2.75, 3.05) is 6.61 Å². The van der Waals surface area contributed by atoms with Crippen LogP contribution in [0.3, 0.4) is 0 Å². The van der Waals surface area contributed by atoms with Gasteiger partial charge in [-0.1, -0.05) is 6.07 Å². The van der Waals surface area contributed by atoms with Gasteiger partial charge in [-0.05, 0) is 37.8 Å². The van der Waals surface area contributed by atoms with E-state index in [1.807, 2.05) is 0 Å². The van der Waals surface area contributed by atoms with Crippen molar-refractivity contribution in [2.24, 2.45) is 5.73 Å². The zero-order valence-corrected chi connectivity index (χ0v) is 10.7. The molecule has 1 fully saturated rings. The first-order valence-corrected chi connectivity index (χ1v) is 6.35. The monoisotopic (exact) mass is 253 g/mol. The largest absolute Gasteiger partial charge is 0.490 e. The Morgan fingerprint density at radius 1 is 1.56 bits per heavy atom. The third-order valence-electron chi connectivity index (χ3n) is 3.60. The molecule has 4 heteroatoms. The Kier molecular flexibility index (Phi) is 3.88. The molecule has 0 spiro atoms. The van der Waals surface area contributed by atoms with Crippen molar-refractivity contribution in [2.45, 2.75) is 44.2 Å². The molecule has 0 amide bonds. The van der Waals surface area contributed by atoms with Crippen molar-refractivity contribution in [1.29, 1.82) is 0 Å². The smallest absolute Gasteiger partial charge is 0.129 e. The molecule has 3 nitrogen and oxygen atoms in total. The van der Waals surface area contributed by atoms with E-state index < -0.39 is 5.54 Å². The van der Waals surface area contributed by atoms with Gasteiger partial charge in [0, 0.05) is 18.0 Å². The molecule has 0 aliphatic heterocycles. The Morgan fingerprint density at radius 3 is 3.00 bits per heavy atom. The van der Waals surface area contributed by atoms with Crippen molar-refractivity contribution in [3.05, 3.63) is 29.6 Å². The molecule has 1 aliphatic rings. The normalized spacial score (nSPS) is 28.1. The van der Waals surface area contributed by atoms with Gasteiger partial charge < -0.3 is 15.6 Å². The fourth-order valence-electron chi connectivity index (χ4n) is 2.42. The summed E-state index contributed by atoms with van der Waals surface area (Å²) in [7, 11) is 0. The van der Waals surface area contributed by atoms with Crippen LogP contribution in [0.4, 0.5) is 4.39 Å². The van der Waals surface area contributed by atoms with Crippen molar-refractivity contribution >= 4 is 0 Å². The van der Waals surface area contributed by atoms with Gasteiger partial charge in [0.05, 0.1) is 6.61 Å². The van der Waals surface area contributed by atoms with Crippen LogP contribution in [0.2, 0.25) is 0 Å². The van der Waals surface area contributed by atoms with Gasteiger partial charge in [-0.3, -0.25) is 0 Å². The molecule has 2 rings (SSSR count). The average Bonchev–Trinajstić information content (AvgIpc) is 2.34. The highest BCUT2D eigenvalue weighted by Gasteiger charge is 2.33. The molecular formula is C14H20FNO2. The summed E-state index contributed by atoms with van der Waals surface area (Å²) in [6.07, 6.45) is 3.20.